The van der Waals surface area contributed by atoms with Crippen molar-refractivity contribution in [3.63, 3.8) is 0 Å². The zero-order valence-electron chi connectivity index (χ0n) is 22.2. The van der Waals surface area contributed by atoms with Crippen molar-refractivity contribution >= 4 is 5.97 Å². The lowest BCUT2D eigenvalue weighted by atomic mass is 9.29. The molecule has 2 heteroatoms. The third-order valence-electron chi connectivity index (χ3n) is 10.2. The minimum atomic E-state index is -0.119. The molecule has 0 aliphatic heterocycles. The molecule has 0 saturated heterocycles. The summed E-state index contributed by atoms with van der Waals surface area (Å²) >= 11 is 0. The molecule has 0 aromatic heterocycles. The van der Waals surface area contributed by atoms with Crippen molar-refractivity contribution in [1.29, 1.82) is 0 Å². The smallest absolute Gasteiger partial charge is 0.334 e. The zero-order chi connectivity index (χ0) is 24.2. The molecule has 7 aliphatic carbocycles. The summed E-state index contributed by atoms with van der Waals surface area (Å²) in [6.07, 6.45) is 18.0. The summed E-state index contributed by atoms with van der Waals surface area (Å²) in [5, 5.41) is 0. The van der Waals surface area contributed by atoms with Gasteiger partial charge < -0.3 is 4.74 Å². The number of carbonyl (C=O) groups excluding carboxylic acids is 1. The highest BCUT2D eigenvalue weighted by molar-refractivity contribution is 5.89. The molecular weight excluding hydrogens is 404 g/mol. The summed E-state index contributed by atoms with van der Waals surface area (Å²) in [4.78, 5) is 11.9. The number of ether oxygens (including phenoxy) is 1. The van der Waals surface area contributed by atoms with Crippen LogP contribution in [0.25, 0.3) is 0 Å². The van der Waals surface area contributed by atoms with Crippen molar-refractivity contribution < 1.29 is 9.53 Å². The first-order valence-electron chi connectivity index (χ1n) is 13.3. The van der Waals surface area contributed by atoms with Gasteiger partial charge in [0.05, 0.1) is 6.61 Å². The Morgan fingerprint density at radius 3 is 2.12 bits per heavy atom. The molecule has 1 atom stereocenters. The molecular formula is C31H46O2. The second kappa shape index (κ2) is 8.28. The van der Waals surface area contributed by atoms with E-state index in [0.717, 1.165) is 29.2 Å². The number of allylic oxidation sites excluding steroid dienone is 6. The van der Waals surface area contributed by atoms with Gasteiger partial charge in [0.15, 0.2) is 0 Å². The largest absolute Gasteiger partial charge is 0.463 e. The van der Waals surface area contributed by atoms with Crippen LogP contribution < -0.4 is 0 Å². The normalized spacial score (nSPS) is 40.2. The van der Waals surface area contributed by atoms with Gasteiger partial charge in [-0.25, -0.2) is 4.79 Å². The van der Waals surface area contributed by atoms with Crippen LogP contribution in [0.4, 0.5) is 0 Å². The first-order valence-corrected chi connectivity index (χ1v) is 13.3. The standard InChI is InChI=1S/C18H26O2.C13H20/c1-5-20-16(19)14-7-6-13(4)15(8-14)18-9-17(10-18,11-18)12(2)3;1-5-11(4)6-12-7-13(8-12,9-12)10(2)3/h6,8,12,15H,5,7,9-11H2,1-4H3;5-6,10H,1,7-9H2,2-4H3/b;11-6+. The van der Waals surface area contributed by atoms with Crippen molar-refractivity contribution in [3.05, 3.63) is 47.6 Å². The van der Waals surface area contributed by atoms with Crippen LogP contribution >= 0.6 is 0 Å². The molecule has 7 aliphatic rings. The van der Waals surface area contributed by atoms with E-state index >= 15 is 0 Å². The maximum absolute atomic E-state index is 11.9. The zero-order valence-corrected chi connectivity index (χ0v) is 22.2. The molecule has 0 spiro atoms. The Hall–Kier alpha value is -1.57. The van der Waals surface area contributed by atoms with Gasteiger partial charge >= 0.3 is 5.97 Å². The van der Waals surface area contributed by atoms with Crippen LogP contribution in [-0.4, -0.2) is 12.6 Å². The van der Waals surface area contributed by atoms with Gasteiger partial charge in [0.1, 0.15) is 0 Å². The third kappa shape index (κ3) is 3.90. The van der Waals surface area contributed by atoms with Crippen LogP contribution in [-0.2, 0) is 9.53 Å². The number of esters is 1. The summed E-state index contributed by atoms with van der Waals surface area (Å²) in [6, 6.07) is 0. The van der Waals surface area contributed by atoms with Gasteiger partial charge in [0, 0.05) is 11.5 Å². The van der Waals surface area contributed by atoms with Gasteiger partial charge in [-0.3, -0.25) is 0 Å². The fourth-order valence-electron chi connectivity index (χ4n) is 7.98. The number of hydrogen-bond donors (Lipinski definition) is 0. The molecule has 0 amide bonds. The molecule has 7 rings (SSSR count). The summed E-state index contributed by atoms with van der Waals surface area (Å²) in [6.45, 7) is 20.0. The van der Waals surface area contributed by atoms with E-state index in [4.69, 9.17) is 4.74 Å². The first-order chi connectivity index (χ1) is 15.4. The van der Waals surface area contributed by atoms with E-state index in [1.54, 1.807) is 0 Å². The van der Waals surface area contributed by atoms with Crippen molar-refractivity contribution in [1.82, 2.24) is 0 Å². The van der Waals surface area contributed by atoms with Crippen molar-refractivity contribution in [3.8, 4) is 0 Å². The lowest BCUT2D eigenvalue weighted by Gasteiger charge is -2.75. The summed E-state index contributed by atoms with van der Waals surface area (Å²) in [5.41, 5.74) is 6.09. The lowest BCUT2D eigenvalue weighted by Crippen LogP contribution is -2.66. The highest BCUT2D eigenvalue weighted by atomic mass is 16.5. The molecule has 182 valence electrons. The molecule has 0 N–H and O–H groups in total. The van der Waals surface area contributed by atoms with E-state index in [0.29, 0.717) is 28.8 Å². The Kier molecular flexibility index (Phi) is 6.16. The predicted octanol–water partition coefficient (Wildman–Crippen LogP) is 8.21. The molecule has 6 fully saturated rings. The van der Waals surface area contributed by atoms with Gasteiger partial charge in [0.2, 0.25) is 0 Å². The second-order valence-corrected chi connectivity index (χ2v) is 13.0. The topological polar surface area (TPSA) is 26.3 Å². The van der Waals surface area contributed by atoms with E-state index in [1.165, 1.54) is 49.7 Å². The van der Waals surface area contributed by atoms with Crippen LogP contribution in [0.1, 0.15) is 93.4 Å². The number of rotatable bonds is 7. The van der Waals surface area contributed by atoms with E-state index in [9.17, 15) is 4.79 Å². The summed E-state index contributed by atoms with van der Waals surface area (Å²) in [5.74, 6) is 2.03. The van der Waals surface area contributed by atoms with Gasteiger partial charge in [-0.1, -0.05) is 69.7 Å². The fraction of sp³-hybridized carbons (Fsp3) is 0.710. The van der Waals surface area contributed by atoms with E-state index in [2.05, 4.69) is 66.3 Å². The first kappa shape index (κ1) is 24.6. The number of hydrogen-bond acceptors (Lipinski definition) is 2. The molecule has 4 bridgehead atoms. The Bertz CT molecular complexity index is 870. The molecule has 0 radical (unpaired) electrons. The SMILES string of the molecule is C=C/C(C)=C/C12CC(C(C)C)(C1)C2.CCOC(=O)C1=CC(C23CC(C(C)C)(C2)C3)C(C)=CC1. The van der Waals surface area contributed by atoms with Crippen LogP contribution in [0, 0.1) is 39.4 Å². The minimum Gasteiger partial charge on any atom is -0.463 e. The lowest BCUT2D eigenvalue weighted by molar-refractivity contribution is -0.244. The highest BCUT2D eigenvalue weighted by Gasteiger charge is 2.70. The highest BCUT2D eigenvalue weighted by Crippen LogP contribution is 2.80. The van der Waals surface area contributed by atoms with Gasteiger partial charge in [0.25, 0.3) is 0 Å². The Labute approximate surface area is 202 Å². The van der Waals surface area contributed by atoms with Crippen molar-refractivity contribution in [2.45, 2.75) is 93.4 Å². The Balaban J connectivity index is 0.000000172. The van der Waals surface area contributed by atoms with E-state index in [1.807, 2.05) is 13.0 Å². The maximum Gasteiger partial charge on any atom is 0.334 e. The molecule has 0 aromatic rings. The summed E-state index contributed by atoms with van der Waals surface area (Å²) < 4.78 is 5.16. The van der Waals surface area contributed by atoms with Crippen LogP contribution in [0.3, 0.4) is 0 Å². The quantitative estimate of drug-likeness (QED) is 0.222. The van der Waals surface area contributed by atoms with Crippen LogP contribution in [0.15, 0.2) is 47.6 Å². The van der Waals surface area contributed by atoms with Crippen molar-refractivity contribution in [2.75, 3.05) is 6.61 Å². The molecule has 1 unspecified atom stereocenters. The van der Waals surface area contributed by atoms with Gasteiger partial charge in [-0.15, -0.1) is 0 Å². The summed E-state index contributed by atoms with van der Waals surface area (Å²) in [7, 11) is 0. The van der Waals surface area contributed by atoms with E-state index < -0.39 is 0 Å². The molecule has 2 nitrogen and oxygen atoms in total. The van der Waals surface area contributed by atoms with E-state index in [-0.39, 0.29) is 5.97 Å². The Morgan fingerprint density at radius 2 is 1.64 bits per heavy atom. The molecule has 6 saturated carbocycles. The third-order valence-corrected chi connectivity index (χ3v) is 10.2. The van der Waals surface area contributed by atoms with Gasteiger partial charge in [-0.05, 0) is 99.2 Å². The number of carbonyl (C=O) groups is 1. The fourth-order valence-corrected chi connectivity index (χ4v) is 7.98. The Morgan fingerprint density at radius 1 is 1.09 bits per heavy atom. The van der Waals surface area contributed by atoms with Crippen LogP contribution in [0.2, 0.25) is 0 Å². The maximum atomic E-state index is 11.9. The monoisotopic (exact) mass is 450 g/mol. The average Bonchev–Trinajstić information content (AvgIpc) is 2.62. The molecule has 33 heavy (non-hydrogen) atoms. The van der Waals surface area contributed by atoms with Crippen molar-refractivity contribution in [2.24, 2.45) is 39.4 Å². The average molecular weight is 451 g/mol. The van der Waals surface area contributed by atoms with Gasteiger partial charge in [-0.2, -0.15) is 0 Å². The molecule has 0 heterocycles. The van der Waals surface area contributed by atoms with Crippen LogP contribution in [0.5, 0.6) is 0 Å². The molecule has 0 aromatic carbocycles. The second-order valence-electron chi connectivity index (χ2n) is 13.0. The predicted molar refractivity (Wildman–Crippen MR) is 138 cm³/mol. The minimum absolute atomic E-state index is 0.119.